The van der Waals surface area contributed by atoms with Crippen molar-refractivity contribution < 1.29 is 27.6 Å². The van der Waals surface area contributed by atoms with Gasteiger partial charge >= 0.3 is 12.0 Å². The van der Waals surface area contributed by atoms with Crippen molar-refractivity contribution in [2.45, 2.75) is 19.2 Å². The molecule has 0 aliphatic carbocycles. The Labute approximate surface area is 149 Å². The van der Waals surface area contributed by atoms with Crippen LogP contribution in [0.1, 0.15) is 12.5 Å². The Morgan fingerprint density at radius 3 is 2.69 bits per heavy atom. The zero-order chi connectivity index (χ0) is 19.5. The van der Waals surface area contributed by atoms with Crippen LogP contribution >= 0.6 is 11.6 Å². The first-order chi connectivity index (χ1) is 12.1. The van der Waals surface area contributed by atoms with E-state index in [1.54, 1.807) is 0 Å². The number of halogens is 4. The van der Waals surface area contributed by atoms with Crippen LogP contribution < -0.4 is 10.1 Å². The van der Waals surface area contributed by atoms with Crippen LogP contribution in [0.5, 0.6) is 5.75 Å². The molecule has 0 saturated carbocycles. The minimum Gasteiger partial charge on any atom is -0.473 e. The molecule has 1 heterocycles. The van der Waals surface area contributed by atoms with Gasteiger partial charge in [-0.1, -0.05) is 11.6 Å². The molecule has 0 fully saturated rings. The van der Waals surface area contributed by atoms with Crippen LogP contribution in [0, 0.1) is 10.1 Å². The van der Waals surface area contributed by atoms with E-state index in [9.17, 15) is 28.1 Å². The van der Waals surface area contributed by atoms with E-state index < -0.39 is 34.5 Å². The standard InChI is InChI=1S/C15H11ClF3N3O4/c1-8(26-12-3-2-6-20-13(12)22(24)25)14(23)21-11-7-9(15(17,18)19)4-5-10(11)16/h2-8H,1H3,(H,21,23). The average Bonchev–Trinajstić information content (AvgIpc) is 2.56. The Morgan fingerprint density at radius 2 is 2.08 bits per heavy atom. The van der Waals surface area contributed by atoms with E-state index in [1.165, 1.54) is 25.3 Å². The average molecular weight is 390 g/mol. The number of alkyl halides is 3. The normalized spacial score (nSPS) is 12.3. The molecule has 0 spiro atoms. The number of hydrogen-bond acceptors (Lipinski definition) is 5. The highest BCUT2D eigenvalue weighted by Crippen LogP contribution is 2.34. The molecule has 26 heavy (non-hydrogen) atoms. The molecule has 1 unspecified atom stereocenters. The lowest BCUT2D eigenvalue weighted by Gasteiger charge is -2.16. The van der Waals surface area contributed by atoms with Gasteiger partial charge in [-0.15, -0.1) is 0 Å². The topological polar surface area (TPSA) is 94.4 Å². The Bertz CT molecular complexity index is 845. The number of nitro groups is 1. The smallest absolute Gasteiger partial charge is 0.416 e. The molecular weight excluding hydrogens is 379 g/mol. The van der Waals surface area contributed by atoms with Gasteiger partial charge in [-0.2, -0.15) is 13.2 Å². The lowest BCUT2D eigenvalue weighted by atomic mass is 10.2. The second-order valence-electron chi connectivity index (χ2n) is 5.02. The first-order valence-corrected chi connectivity index (χ1v) is 7.41. The molecule has 1 aromatic carbocycles. The Kier molecular flexibility index (Phi) is 5.66. The van der Waals surface area contributed by atoms with Gasteiger partial charge in [0, 0.05) is 0 Å². The lowest BCUT2D eigenvalue weighted by Crippen LogP contribution is -2.30. The molecule has 1 N–H and O–H groups in total. The van der Waals surface area contributed by atoms with Crippen molar-refractivity contribution in [2.75, 3.05) is 5.32 Å². The van der Waals surface area contributed by atoms with Crippen molar-refractivity contribution in [3.8, 4) is 5.75 Å². The van der Waals surface area contributed by atoms with Gasteiger partial charge in [0.1, 0.15) is 6.20 Å². The fourth-order valence-corrected chi connectivity index (χ4v) is 2.05. The summed E-state index contributed by atoms with van der Waals surface area (Å²) >= 11 is 5.80. The summed E-state index contributed by atoms with van der Waals surface area (Å²) in [7, 11) is 0. The van der Waals surface area contributed by atoms with Crippen LogP contribution in [0.4, 0.5) is 24.7 Å². The molecule has 0 aliphatic rings. The fraction of sp³-hybridized carbons (Fsp3) is 0.200. The molecular formula is C15H11ClF3N3O4. The van der Waals surface area contributed by atoms with E-state index >= 15 is 0 Å². The molecule has 11 heteroatoms. The molecule has 0 aliphatic heterocycles. The summed E-state index contributed by atoms with van der Waals surface area (Å²) in [6.07, 6.45) is -4.69. The van der Waals surface area contributed by atoms with Crippen molar-refractivity contribution in [1.29, 1.82) is 0 Å². The first kappa shape index (κ1) is 19.4. The Hall–Kier alpha value is -2.88. The summed E-state index contributed by atoms with van der Waals surface area (Å²) in [5.74, 6) is -1.69. The number of benzene rings is 1. The maximum atomic E-state index is 12.8. The minimum absolute atomic E-state index is 0.106. The van der Waals surface area contributed by atoms with Crippen molar-refractivity contribution >= 4 is 29.0 Å². The molecule has 7 nitrogen and oxygen atoms in total. The Morgan fingerprint density at radius 1 is 1.38 bits per heavy atom. The number of anilines is 1. The number of carbonyl (C=O) groups excluding carboxylic acids is 1. The summed E-state index contributed by atoms with van der Waals surface area (Å²) < 4.78 is 43.5. The second kappa shape index (κ2) is 7.56. The quantitative estimate of drug-likeness (QED) is 0.614. The number of amides is 1. The first-order valence-electron chi connectivity index (χ1n) is 7.03. The second-order valence-corrected chi connectivity index (χ2v) is 5.43. The van der Waals surface area contributed by atoms with Gasteiger partial charge in [0.2, 0.25) is 5.75 Å². The van der Waals surface area contributed by atoms with Crippen LogP contribution in [0.15, 0.2) is 36.5 Å². The minimum atomic E-state index is -4.61. The number of nitrogens with zero attached hydrogens (tertiary/aromatic N) is 2. The van der Waals surface area contributed by atoms with Gasteiger partial charge in [0.05, 0.1) is 16.3 Å². The largest absolute Gasteiger partial charge is 0.473 e. The summed E-state index contributed by atoms with van der Waals surface area (Å²) in [5, 5.41) is 13.0. The number of hydrogen-bond donors (Lipinski definition) is 1. The number of ether oxygens (including phenoxy) is 1. The number of aromatic nitrogens is 1. The molecule has 1 aromatic heterocycles. The third-order valence-electron chi connectivity index (χ3n) is 3.15. The van der Waals surface area contributed by atoms with Gasteiger partial charge in [-0.25, -0.2) is 0 Å². The molecule has 138 valence electrons. The molecule has 2 rings (SSSR count). The molecule has 0 bridgehead atoms. The summed E-state index contributed by atoms with van der Waals surface area (Å²) in [6.45, 7) is 1.27. The van der Waals surface area contributed by atoms with E-state index in [4.69, 9.17) is 16.3 Å². The van der Waals surface area contributed by atoms with E-state index in [2.05, 4.69) is 10.3 Å². The number of carbonyl (C=O) groups is 1. The number of pyridine rings is 1. The van der Waals surface area contributed by atoms with Gasteiger partial charge in [-0.3, -0.25) is 4.79 Å². The molecule has 0 radical (unpaired) electrons. The lowest BCUT2D eigenvalue weighted by molar-refractivity contribution is -0.390. The highest BCUT2D eigenvalue weighted by atomic mass is 35.5. The van der Waals surface area contributed by atoms with Gasteiger partial charge < -0.3 is 20.2 Å². The molecule has 0 saturated heterocycles. The third-order valence-corrected chi connectivity index (χ3v) is 3.48. The van der Waals surface area contributed by atoms with E-state index in [-0.39, 0.29) is 16.5 Å². The zero-order valence-corrected chi connectivity index (χ0v) is 13.8. The van der Waals surface area contributed by atoms with Crippen LogP contribution in [-0.2, 0) is 11.0 Å². The van der Waals surface area contributed by atoms with Crippen LogP contribution in [0.2, 0.25) is 5.02 Å². The fourth-order valence-electron chi connectivity index (χ4n) is 1.89. The SMILES string of the molecule is CC(Oc1cccnc1[N+](=O)[O-])C(=O)Nc1cc(C(F)(F)F)ccc1Cl. The molecule has 1 amide bonds. The maximum absolute atomic E-state index is 12.8. The van der Waals surface area contributed by atoms with Gasteiger partial charge in [0.25, 0.3) is 5.91 Å². The highest BCUT2D eigenvalue weighted by molar-refractivity contribution is 6.33. The van der Waals surface area contributed by atoms with Crippen LogP contribution in [-0.4, -0.2) is 21.9 Å². The van der Waals surface area contributed by atoms with E-state index in [0.29, 0.717) is 6.07 Å². The molecule has 1 atom stereocenters. The van der Waals surface area contributed by atoms with Crippen molar-refractivity contribution in [3.05, 3.63) is 57.2 Å². The predicted molar refractivity (Wildman–Crippen MR) is 86.1 cm³/mol. The van der Waals surface area contributed by atoms with Crippen molar-refractivity contribution in [1.82, 2.24) is 4.98 Å². The maximum Gasteiger partial charge on any atom is 0.416 e. The summed E-state index contributed by atoms with van der Waals surface area (Å²) in [4.78, 5) is 25.8. The van der Waals surface area contributed by atoms with Gasteiger partial charge in [-0.05, 0) is 47.2 Å². The van der Waals surface area contributed by atoms with Crippen molar-refractivity contribution in [3.63, 3.8) is 0 Å². The summed E-state index contributed by atoms with van der Waals surface area (Å²) in [6, 6.07) is 5.07. The Balaban J connectivity index is 2.17. The third kappa shape index (κ3) is 4.60. The van der Waals surface area contributed by atoms with E-state index in [0.717, 1.165) is 12.1 Å². The van der Waals surface area contributed by atoms with Crippen LogP contribution in [0.3, 0.4) is 0 Å². The van der Waals surface area contributed by atoms with Crippen LogP contribution in [0.25, 0.3) is 0 Å². The zero-order valence-electron chi connectivity index (χ0n) is 13.1. The number of nitrogens with one attached hydrogen (secondary N) is 1. The van der Waals surface area contributed by atoms with Gasteiger partial charge in [0.15, 0.2) is 6.10 Å². The van der Waals surface area contributed by atoms with Crippen molar-refractivity contribution in [2.24, 2.45) is 0 Å². The molecule has 2 aromatic rings. The number of rotatable bonds is 5. The highest BCUT2D eigenvalue weighted by Gasteiger charge is 2.31. The summed E-state index contributed by atoms with van der Waals surface area (Å²) in [5.41, 5.74) is -1.25. The van der Waals surface area contributed by atoms with E-state index in [1.807, 2.05) is 0 Å². The monoisotopic (exact) mass is 389 g/mol. The predicted octanol–water partition coefficient (Wildman–Crippen LogP) is 4.07.